The van der Waals surface area contributed by atoms with Crippen LogP contribution >= 0.6 is 0 Å². The second-order valence-electron chi connectivity index (χ2n) is 5.43. The van der Waals surface area contributed by atoms with Crippen molar-refractivity contribution in [2.75, 3.05) is 6.54 Å². The predicted octanol–water partition coefficient (Wildman–Crippen LogP) is 1.86. The summed E-state index contributed by atoms with van der Waals surface area (Å²) in [6.07, 6.45) is 0.869. The first kappa shape index (κ1) is 14.7. The van der Waals surface area contributed by atoms with Crippen LogP contribution in [-0.4, -0.2) is 28.8 Å². The Labute approximate surface area is 108 Å². The minimum atomic E-state index is -0.368. The van der Waals surface area contributed by atoms with Crippen molar-refractivity contribution in [1.82, 2.24) is 10.5 Å². The third-order valence-corrected chi connectivity index (χ3v) is 2.72. The minimum Gasteiger partial charge on any atom is -0.393 e. The third-order valence-electron chi connectivity index (χ3n) is 2.72. The zero-order chi connectivity index (χ0) is 13.8. The smallest absolute Gasteiger partial charge is 0.273 e. The Morgan fingerprint density at radius 1 is 1.56 bits per heavy atom. The molecule has 0 aliphatic carbocycles. The fourth-order valence-corrected chi connectivity index (χ4v) is 1.38. The number of rotatable bonds is 5. The van der Waals surface area contributed by atoms with E-state index in [2.05, 4.69) is 10.5 Å². The van der Waals surface area contributed by atoms with Gasteiger partial charge < -0.3 is 14.9 Å². The van der Waals surface area contributed by atoms with Gasteiger partial charge >= 0.3 is 0 Å². The fraction of sp³-hybridized carbons (Fsp3) is 0.692. The highest BCUT2D eigenvalue weighted by molar-refractivity contribution is 5.92. The van der Waals surface area contributed by atoms with Gasteiger partial charge in [0.15, 0.2) is 5.69 Å². The predicted molar refractivity (Wildman–Crippen MR) is 68.5 cm³/mol. The van der Waals surface area contributed by atoms with E-state index in [1.54, 1.807) is 6.07 Å². The lowest BCUT2D eigenvalue weighted by molar-refractivity contribution is 0.0932. The van der Waals surface area contributed by atoms with Gasteiger partial charge in [0, 0.05) is 18.0 Å². The van der Waals surface area contributed by atoms with Gasteiger partial charge in [-0.05, 0) is 12.8 Å². The van der Waals surface area contributed by atoms with Gasteiger partial charge in [-0.1, -0.05) is 32.9 Å². The van der Waals surface area contributed by atoms with Gasteiger partial charge in [0.1, 0.15) is 5.76 Å². The Morgan fingerprint density at radius 2 is 2.22 bits per heavy atom. The highest BCUT2D eigenvalue weighted by Gasteiger charge is 2.21. The Balaban J connectivity index is 2.50. The monoisotopic (exact) mass is 254 g/mol. The van der Waals surface area contributed by atoms with Gasteiger partial charge in [0.05, 0.1) is 6.10 Å². The zero-order valence-corrected chi connectivity index (χ0v) is 11.5. The molecule has 0 fully saturated rings. The summed E-state index contributed by atoms with van der Waals surface area (Å²) in [5.41, 5.74) is 0.120. The molecule has 0 bridgehead atoms. The van der Waals surface area contributed by atoms with Crippen molar-refractivity contribution in [2.45, 2.75) is 52.1 Å². The van der Waals surface area contributed by atoms with Crippen LogP contribution < -0.4 is 5.32 Å². The zero-order valence-electron chi connectivity index (χ0n) is 11.5. The van der Waals surface area contributed by atoms with Crippen molar-refractivity contribution < 1.29 is 14.4 Å². The number of aliphatic hydroxyl groups is 1. The molecule has 2 N–H and O–H groups in total. The minimum absolute atomic E-state index is 0.163. The van der Waals surface area contributed by atoms with Crippen molar-refractivity contribution in [3.05, 3.63) is 17.5 Å². The molecule has 0 aromatic carbocycles. The fourth-order valence-electron chi connectivity index (χ4n) is 1.38. The highest BCUT2D eigenvalue weighted by atomic mass is 16.5. The lowest BCUT2D eigenvalue weighted by Gasteiger charge is -2.12. The van der Waals surface area contributed by atoms with E-state index in [4.69, 9.17) is 4.52 Å². The second-order valence-corrected chi connectivity index (χ2v) is 5.43. The lowest BCUT2D eigenvalue weighted by atomic mass is 9.93. The summed E-state index contributed by atoms with van der Waals surface area (Å²) >= 11 is 0. The SMILES string of the molecule is CCC(O)CCNC(=O)c1cc(C(C)(C)C)on1. The van der Waals surface area contributed by atoms with Gasteiger partial charge in [0.2, 0.25) is 0 Å². The summed E-state index contributed by atoms with van der Waals surface area (Å²) in [5, 5.41) is 15.8. The molecular formula is C13H22N2O3. The van der Waals surface area contributed by atoms with Crippen LogP contribution in [-0.2, 0) is 5.41 Å². The topological polar surface area (TPSA) is 75.4 Å². The number of nitrogens with one attached hydrogen (secondary N) is 1. The average Bonchev–Trinajstić information content (AvgIpc) is 2.77. The molecule has 0 radical (unpaired) electrons. The third kappa shape index (κ3) is 4.14. The molecule has 1 heterocycles. The summed E-state index contributed by atoms with van der Waals surface area (Å²) in [5.74, 6) is 0.416. The Bertz CT molecular complexity index is 393. The van der Waals surface area contributed by atoms with Crippen molar-refractivity contribution in [1.29, 1.82) is 0 Å². The van der Waals surface area contributed by atoms with Gasteiger partial charge in [0.25, 0.3) is 5.91 Å². The molecule has 0 aliphatic rings. The summed E-state index contributed by atoms with van der Waals surface area (Å²) in [6, 6.07) is 1.66. The lowest BCUT2D eigenvalue weighted by Crippen LogP contribution is -2.27. The van der Waals surface area contributed by atoms with E-state index in [1.807, 2.05) is 27.7 Å². The maximum absolute atomic E-state index is 11.7. The Hall–Kier alpha value is -1.36. The molecule has 1 atom stereocenters. The summed E-state index contributed by atoms with van der Waals surface area (Å²) in [7, 11) is 0. The van der Waals surface area contributed by atoms with Crippen molar-refractivity contribution >= 4 is 5.91 Å². The molecule has 1 aromatic heterocycles. The number of amides is 1. The molecule has 5 nitrogen and oxygen atoms in total. The van der Waals surface area contributed by atoms with Crippen LogP contribution in [0.1, 0.15) is 56.8 Å². The molecule has 1 aromatic rings. The molecular weight excluding hydrogens is 232 g/mol. The van der Waals surface area contributed by atoms with Crippen LogP contribution in [0.15, 0.2) is 10.6 Å². The summed E-state index contributed by atoms with van der Waals surface area (Å²) in [6.45, 7) is 8.32. The Kier molecular flexibility index (Phi) is 4.90. The Morgan fingerprint density at radius 3 is 2.72 bits per heavy atom. The van der Waals surface area contributed by atoms with E-state index in [-0.39, 0.29) is 23.1 Å². The maximum atomic E-state index is 11.7. The molecule has 102 valence electrons. The molecule has 1 rings (SSSR count). The van der Waals surface area contributed by atoms with E-state index >= 15 is 0 Å². The second kappa shape index (κ2) is 6.00. The number of aliphatic hydroxyl groups excluding tert-OH is 1. The quantitative estimate of drug-likeness (QED) is 0.841. The molecule has 0 spiro atoms. The van der Waals surface area contributed by atoms with E-state index < -0.39 is 0 Å². The maximum Gasteiger partial charge on any atom is 0.273 e. The average molecular weight is 254 g/mol. The summed E-state index contributed by atoms with van der Waals surface area (Å²) < 4.78 is 5.14. The van der Waals surface area contributed by atoms with Crippen molar-refractivity contribution in [2.24, 2.45) is 0 Å². The van der Waals surface area contributed by atoms with Crippen LogP contribution in [0.5, 0.6) is 0 Å². The van der Waals surface area contributed by atoms with E-state index in [9.17, 15) is 9.90 Å². The number of carbonyl (C=O) groups excluding carboxylic acids is 1. The molecule has 0 saturated heterocycles. The molecule has 18 heavy (non-hydrogen) atoms. The number of hydrogen-bond donors (Lipinski definition) is 2. The van der Waals surface area contributed by atoms with Crippen LogP contribution in [0.2, 0.25) is 0 Å². The number of nitrogens with zero attached hydrogens (tertiary/aromatic N) is 1. The summed E-state index contributed by atoms with van der Waals surface area (Å²) in [4.78, 5) is 11.7. The molecule has 0 aliphatic heterocycles. The van der Waals surface area contributed by atoms with E-state index in [0.717, 1.165) is 0 Å². The normalized spacial score (nSPS) is 13.4. The van der Waals surface area contributed by atoms with Crippen LogP contribution in [0.3, 0.4) is 0 Å². The first-order valence-corrected chi connectivity index (χ1v) is 6.28. The largest absolute Gasteiger partial charge is 0.393 e. The number of aromatic nitrogens is 1. The molecule has 5 heteroatoms. The first-order chi connectivity index (χ1) is 8.34. The van der Waals surface area contributed by atoms with Crippen LogP contribution in [0.25, 0.3) is 0 Å². The van der Waals surface area contributed by atoms with Crippen molar-refractivity contribution in [3.8, 4) is 0 Å². The number of hydrogen-bond acceptors (Lipinski definition) is 4. The van der Waals surface area contributed by atoms with Crippen LogP contribution in [0, 0.1) is 0 Å². The molecule has 0 saturated carbocycles. The van der Waals surface area contributed by atoms with E-state index in [1.165, 1.54) is 0 Å². The van der Waals surface area contributed by atoms with Gasteiger partial charge in [-0.3, -0.25) is 4.79 Å². The molecule has 1 unspecified atom stereocenters. The van der Waals surface area contributed by atoms with Gasteiger partial charge in [-0.25, -0.2) is 0 Å². The van der Waals surface area contributed by atoms with E-state index in [0.29, 0.717) is 25.1 Å². The van der Waals surface area contributed by atoms with Crippen LogP contribution in [0.4, 0.5) is 0 Å². The number of carbonyl (C=O) groups is 1. The molecule has 1 amide bonds. The highest BCUT2D eigenvalue weighted by Crippen LogP contribution is 2.22. The van der Waals surface area contributed by atoms with Crippen molar-refractivity contribution in [3.63, 3.8) is 0 Å². The van der Waals surface area contributed by atoms with Gasteiger partial charge in [-0.2, -0.15) is 0 Å². The standard InChI is InChI=1S/C13H22N2O3/c1-5-9(16)6-7-14-12(17)10-8-11(18-15-10)13(2,3)4/h8-9,16H,5-7H2,1-4H3,(H,14,17). The first-order valence-electron chi connectivity index (χ1n) is 6.28. The van der Waals surface area contributed by atoms with Gasteiger partial charge in [-0.15, -0.1) is 0 Å².